The van der Waals surface area contributed by atoms with Crippen molar-refractivity contribution < 1.29 is 9.94 Å². The van der Waals surface area contributed by atoms with Gasteiger partial charge in [-0.1, -0.05) is 29.3 Å². The first-order valence-electron chi connectivity index (χ1n) is 5.77. The van der Waals surface area contributed by atoms with Crippen molar-refractivity contribution in [1.29, 1.82) is 0 Å². The van der Waals surface area contributed by atoms with E-state index in [1.165, 1.54) is 0 Å². The van der Waals surface area contributed by atoms with Crippen molar-refractivity contribution in [3.63, 3.8) is 0 Å². The second-order valence-electron chi connectivity index (χ2n) is 3.79. The van der Waals surface area contributed by atoms with Crippen molar-refractivity contribution >= 4 is 5.71 Å². The molecule has 0 radical (unpaired) electrons. The highest BCUT2D eigenvalue weighted by Crippen LogP contribution is 2.12. The maximum atomic E-state index is 9.04. The van der Waals surface area contributed by atoms with Gasteiger partial charge in [-0.2, -0.15) is 0 Å². The van der Waals surface area contributed by atoms with Crippen LogP contribution in [0, 0.1) is 11.8 Å². The van der Waals surface area contributed by atoms with Gasteiger partial charge in [0.25, 0.3) is 0 Å². The quantitative estimate of drug-likeness (QED) is 0.386. The number of benzene rings is 2. The molecular formula is C16H13NO2. The molecule has 3 nitrogen and oxygen atoms in total. The summed E-state index contributed by atoms with van der Waals surface area (Å²) in [5, 5.41) is 12.3. The Balaban J connectivity index is 2.24. The minimum absolute atomic E-state index is 0.325. The van der Waals surface area contributed by atoms with Crippen molar-refractivity contribution in [1.82, 2.24) is 0 Å². The normalized spacial score (nSPS) is 10.5. The van der Waals surface area contributed by atoms with E-state index < -0.39 is 0 Å². The minimum atomic E-state index is 0.325. The Kier molecular flexibility index (Phi) is 4.20. The molecule has 19 heavy (non-hydrogen) atoms. The largest absolute Gasteiger partial charge is 0.497 e. The van der Waals surface area contributed by atoms with Crippen molar-refractivity contribution in [3.8, 4) is 17.6 Å². The summed E-state index contributed by atoms with van der Waals surface area (Å²) in [5.41, 5.74) is 1.94. The standard InChI is InChI=1S/C16H13NO2/c1-19-15-10-8-14(9-11-15)16(17-18)12-7-13-5-3-2-4-6-13/h2-6,8-11,18H,1H3/b17-16-. The van der Waals surface area contributed by atoms with Crippen LogP contribution in [-0.2, 0) is 0 Å². The van der Waals surface area contributed by atoms with Crippen molar-refractivity contribution in [2.24, 2.45) is 5.16 Å². The lowest BCUT2D eigenvalue weighted by Crippen LogP contribution is -1.97. The Hall–Kier alpha value is -2.73. The van der Waals surface area contributed by atoms with Gasteiger partial charge in [0.2, 0.25) is 0 Å². The zero-order valence-corrected chi connectivity index (χ0v) is 10.5. The molecule has 1 N–H and O–H groups in total. The molecule has 0 aliphatic rings. The molecule has 0 spiro atoms. The van der Waals surface area contributed by atoms with Crippen molar-refractivity contribution in [3.05, 3.63) is 65.7 Å². The topological polar surface area (TPSA) is 41.8 Å². The fourth-order valence-corrected chi connectivity index (χ4v) is 1.56. The SMILES string of the molecule is COc1ccc(/C(C#Cc2ccccc2)=N\O)cc1. The smallest absolute Gasteiger partial charge is 0.159 e. The van der Waals surface area contributed by atoms with Gasteiger partial charge < -0.3 is 9.94 Å². The fourth-order valence-electron chi connectivity index (χ4n) is 1.56. The van der Waals surface area contributed by atoms with Crippen LogP contribution < -0.4 is 4.74 Å². The highest BCUT2D eigenvalue weighted by atomic mass is 16.5. The molecule has 0 bridgehead atoms. The highest BCUT2D eigenvalue weighted by Gasteiger charge is 2.01. The first kappa shape index (κ1) is 12.7. The van der Waals surface area contributed by atoms with E-state index >= 15 is 0 Å². The summed E-state index contributed by atoms with van der Waals surface area (Å²) in [6, 6.07) is 16.7. The lowest BCUT2D eigenvalue weighted by atomic mass is 10.1. The third-order valence-corrected chi connectivity index (χ3v) is 2.56. The minimum Gasteiger partial charge on any atom is -0.497 e. The van der Waals surface area contributed by atoms with Gasteiger partial charge in [-0.25, -0.2) is 0 Å². The zero-order valence-electron chi connectivity index (χ0n) is 10.5. The van der Waals surface area contributed by atoms with Gasteiger partial charge in [0.15, 0.2) is 5.71 Å². The van der Waals surface area contributed by atoms with Gasteiger partial charge in [0, 0.05) is 11.1 Å². The van der Waals surface area contributed by atoms with Gasteiger partial charge in [0.1, 0.15) is 5.75 Å². The van der Waals surface area contributed by atoms with Gasteiger partial charge >= 0.3 is 0 Å². The molecule has 0 saturated carbocycles. The molecule has 2 aromatic carbocycles. The van der Waals surface area contributed by atoms with E-state index in [1.54, 1.807) is 31.4 Å². The second-order valence-corrected chi connectivity index (χ2v) is 3.79. The first-order valence-corrected chi connectivity index (χ1v) is 5.77. The summed E-state index contributed by atoms with van der Waals surface area (Å²) >= 11 is 0. The maximum absolute atomic E-state index is 9.04. The molecule has 0 aliphatic carbocycles. The summed E-state index contributed by atoms with van der Waals surface area (Å²) in [5.74, 6) is 6.55. The summed E-state index contributed by atoms with van der Waals surface area (Å²) in [6.45, 7) is 0. The number of ether oxygens (including phenoxy) is 1. The number of rotatable bonds is 2. The third kappa shape index (κ3) is 3.36. The Labute approximate surface area is 112 Å². The molecule has 2 rings (SSSR count). The number of methoxy groups -OCH3 is 1. The summed E-state index contributed by atoms with van der Waals surface area (Å²) in [6.07, 6.45) is 0. The molecule has 0 saturated heterocycles. The molecule has 0 heterocycles. The number of nitrogens with zero attached hydrogens (tertiary/aromatic N) is 1. The number of hydrogen-bond acceptors (Lipinski definition) is 3. The van der Waals surface area contributed by atoms with Crippen LogP contribution in [0.5, 0.6) is 5.75 Å². The van der Waals surface area contributed by atoms with Gasteiger partial charge in [-0.15, -0.1) is 0 Å². The van der Waals surface area contributed by atoms with Crippen LogP contribution in [0.25, 0.3) is 0 Å². The molecule has 0 amide bonds. The molecule has 0 aliphatic heterocycles. The lowest BCUT2D eigenvalue weighted by molar-refractivity contribution is 0.320. The molecule has 2 aromatic rings. The van der Waals surface area contributed by atoms with E-state index in [-0.39, 0.29) is 0 Å². The van der Waals surface area contributed by atoms with Crippen LogP contribution in [0.1, 0.15) is 11.1 Å². The molecule has 0 fully saturated rings. The van der Waals surface area contributed by atoms with E-state index in [4.69, 9.17) is 9.94 Å². The Morgan fingerprint density at radius 2 is 1.74 bits per heavy atom. The average Bonchev–Trinajstić information content (AvgIpc) is 2.49. The molecular weight excluding hydrogens is 238 g/mol. The summed E-state index contributed by atoms with van der Waals surface area (Å²) in [7, 11) is 1.60. The highest BCUT2D eigenvalue weighted by molar-refractivity contribution is 6.12. The summed E-state index contributed by atoms with van der Waals surface area (Å²) in [4.78, 5) is 0. The van der Waals surface area contributed by atoms with E-state index in [2.05, 4.69) is 17.0 Å². The van der Waals surface area contributed by atoms with E-state index in [1.807, 2.05) is 30.3 Å². The predicted molar refractivity (Wildman–Crippen MR) is 74.6 cm³/mol. The molecule has 0 unspecified atom stereocenters. The van der Waals surface area contributed by atoms with E-state index in [9.17, 15) is 0 Å². The van der Waals surface area contributed by atoms with Crippen LogP contribution in [0.3, 0.4) is 0 Å². The van der Waals surface area contributed by atoms with Crippen LogP contribution in [-0.4, -0.2) is 18.0 Å². The zero-order chi connectivity index (χ0) is 13.5. The first-order chi connectivity index (χ1) is 9.33. The predicted octanol–water partition coefficient (Wildman–Crippen LogP) is 2.93. The van der Waals surface area contributed by atoms with Crippen LogP contribution in [0.15, 0.2) is 59.8 Å². The number of hydrogen-bond donors (Lipinski definition) is 1. The Bertz CT molecular complexity index is 619. The van der Waals surface area contributed by atoms with Crippen LogP contribution in [0.2, 0.25) is 0 Å². The maximum Gasteiger partial charge on any atom is 0.159 e. The van der Waals surface area contributed by atoms with Crippen LogP contribution >= 0.6 is 0 Å². The van der Waals surface area contributed by atoms with Crippen LogP contribution in [0.4, 0.5) is 0 Å². The lowest BCUT2D eigenvalue weighted by Gasteiger charge is -2.00. The van der Waals surface area contributed by atoms with Gasteiger partial charge in [-0.05, 0) is 42.3 Å². The Morgan fingerprint density at radius 3 is 2.32 bits per heavy atom. The number of oxime groups is 1. The summed E-state index contributed by atoms with van der Waals surface area (Å²) < 4.78 is 5.07. The van der Waals surface area contributed by atoms with E-state index in [0.29, 0.717) is 5.71 Å². The van der Waals surface area contributed by atoms with E-state index in [0.717, 1.165) is 16.9 Å². The van der Waals surface area contributed by atoms with Gasteiger partial charge in [-0.3, -0.25) is 0 Å². The fraction of sp³-hybridized carbons (Fsp3) is 0.0625. The molecule has 3 heteroatoms. The van der Waals surface area contributed by atoms with Crippen molar-refractivity contribution in [2.75, 3.05) is 7.11 Å². The van der Waals surface area contributed by atoms with Crippen molar-refractivity contribution in [2.45, 2.75) is 0 Å². The molecule has 0 aromatic heterocycles. The average molecular weight is 251 g/mol. The van der Waals surface area contributed by atoms with Gasteiger partial charge in [0.05, 0.1) is 7.11 Å². The monoisotopic (exact) mass is 251 g/mol. The third-order valence-electron chi connectivity index (χ3n) is 2.56. The second kappa shape index (κ2) is 6.27. The molecule has 0 atom stereocenters. The molecule has 94 valence electrons. The Morgan fingerprint density at radius 1 is 1.05 bits per heavy atom.